The molecule has 4 N–H and O–H groups in total. The van der Waals surface area contributed by atoms with Gasteiger partial charge in [0.2, 0.25) is 0 Å². The molecule has 0 unspecified atom stereocenters. The van der Waals surface area contributed by atoms with Crippen LogP contribution in [-0.4, -0.2) is 4.98 Å². The van der Waals surface area contributed by atoms with E-state index in [2.05, 4.69) is 26.0 Å². The van der Waals surface area contributed by atoms with Crippen molar-refractivity contribution in [1.29, 1.82) is 0 Å². The maximum absolute atomic E-state index is 5.84. The predicted molar refractivity (Wildman–Crippen MR) is 83.4 cm³/mol. The van der Waals surface area contributed by atoms with Gasteiger partial charge < -0.3 is 11.5 Å². The van der Waals surface area contributed by atoms with Gasteiger partial charge in [0, 0.05) is 16.9 Å². The molecular formula is C15H15N3S. The third-order valence-corrected chi connectivity index (χ3v) is 4.11. The molecule has 4 heteroatoms. The van der Waals surface area contributed by atoms with Gasteiger partial charge in [-0.3, -0.25) is 0 Å². The van der Waals surface area contributed by atoms with Crippen molar-refractivity contribution in [3.63, 3.8) is 0 Å². The zero-order chi connectivity index (χ0) is 13.6. The summed E-state index contributed by atoms with van der Waals surface area (Å²) in [5.41, 5.74) is 17.5. The number of hydrogen-bond acceptors (Lipinski definition) is 4. The number of fused-ring (bicyclic) bond motifs is 1. The quantitative estimate of drug-likeness (QED) is 0.661. The molecule has 0 saturated carbocycles. The highest BCUT2D eigenvalue weighted by Gasteiger charge is 2.09. The van der Waals surface area contributed by atoms with Crippen LogP contribution >= 0.6 is 11.3 Å². The van der Waals surface area contributed by atoms with E-state index < -0.39 is 0 Å². The van der Waals surface area contributed by atoms with Gasteiger partial charge in [-0.15, -0.1) is 11.3 Å². The van der Waals surface area contributed by atoms with Crippen molar-refractivity contribution < 1.29 is 0 Å². The van der Waals surface area contributed by atoms with Gasteiger partial charge in [0.1, 0.15) is 5.01 Å². The Balaban J connectivity index is 2.23. The summed E-state index contributed by atoms with van der Waals surface area (Å²) in [6, 6.07) is 9.90. The third-order valence-electron chi connectivity index (χ3n) is 3.05. The van der Waals surface area contributed by atoms with E-state index in [1.807, 2.05) is 12.1 Å². The highest BCUT2D eigenvalue weighted by atomic mass is 32.1. The smallest absolute Gasteiger partial charge is 0.124 e. The van der Waals surface area contributed by atoms with Gasteiger partial charge in [0.05, 0.1) is 10.2 Å². The van der Waals surface area contributed by atoms with Crippen LogP contribution in [0.5, 0.6) is 0 Å². The lowest BCUT2D eigenvalue weighted by molar-refractivity contribution is 1.38. The molecule has 0 atom stereocenters. The monoisotopic (exact) mass is 269 g/mol. The highest BCUT2D eigenvalue weighted by molar-refractivity contribution is 7.21. The molecule has 0 fully saturated rings. The number of aromatic nitrogens is 1. The van der Waals surface area contributed by atoms with Gasteiger partial charge in [-0.05, 0) is 49.2 Å². The summed E-state index contributed by atoms with van der Waals surface area (Å²) >= 11 is 1.67. The van der Waals surface area contributed by atoms with Crippen LogP contribution in [0.2, 0.25) is 0 Å². The van der Waals surface area contributed by atoms with Crippen LogP contribution in [0.3, 0.4) is 0 Å². The molecule has 0 bridgehead atoms. The van der Waals surface area contributed by atoms with Crippen molar-refractivity contribution in [2.75, 3.05) is 11.5 Å². The molecular weight excluding hydrogens is 254 g/mol. The Hall–Kier alpha value is -2.07. The Morgan fingerprint density at radius 2 is 1.63 bits per heavy atom. The molecule has 3 rings (SSSR count). The SMILES string of the molecule is Cc1cc(C)c2nc(-c3cc(N)cc(N)c3)sc2c1. The largest absolute Gasteiger partial charge is 0.399 e. The molecule has 0 aliphatic carbocycles. The average molecular weight is 269 g/mol. The summed E-state index contributed by atoms with van der Waals surface area (Å²) in [5.74, 6) is 0. The summed E-state index contributed by atoms with van der Waals surface area (Å²) in [7, 11) is 0. The number of nitrogen functional groups attached to an aromatic ring is 2. The van der Waals surface area contributed by atoms with Gasteiger partial charge >= 0.3 is 0 Å². The van der Waals surface area contributed by atoms with E-state index in [0.717, 1.165) is 16.1 Å². The fourth-order valence-corrected chi connectivity index (χ4v) is 3.42. The first kappa shape index (κ1) is 12.0. The van der Waals surface area contributed by atoms with Gasteiger partial charge in [0.15, 0.2) is 0 Å². The lowest BCUT2D eigenvalue weighted by Gasteiger charge is -2.00. The maximum atomic E-state index is 5.84. The second kappa shape index (κ2) is 4.24. The standard InChI is InChI=1S/C15H15N3S/c1-8-3-9(2)14-13(4-8)19-15(18-14)10-5-11(16)7-12(17)6-10/h3-7H,16-17H2,1-2H3. The highest BCUT2D eigenvalue weighted by Crippen LogP contribution is 2.34. The fraction of sp³-hybridized carbons (Fsp3) is 0.133. The Bertz CT molecular complexity index is 754. The molecule has 2 aromatic carbocycles. The van der Waals surface area contributed by atoms with E-state index in [-0.39, 0.29) is 0 Å². The minimum absolute atomic E-state index is 0.669. The molecule has 3 nitrogen and oxygen atoms in total. The molecule has 19 heavy (non-hydrogen) atoms. The predicted octanol–water partition coefficient (Wildman–Crippen LogP) is 3.74. The summed E-state index contributed by atoms with van der Waals surface area (Å²) in [4.78, 5) is 4.71. The Kier molecular flexibility index (Phi) is 2.68. The minimum Gasteiger partial charge on any atom is -0.399 e. The maximum Gasteiger partial charge on any atom is 0.124 e. The van der Waals surface area contributed by atoms with Crippen LogP contribution in [0.4, 0.5) is 11.4 Å². The van der Waals surface area contributed by atoms with Crippen molar-refractivity contribution in [2.24, 2.45) is 0 Å². The third kappa shape index (κ3) is 2.15. The zero-order valence-corrected chi connectivity index (χ0v) is 11.7. The first-order valence-electron chi connectivity index (χ1n) is 6.07. The summed E-state index contributed by atoms with van der Waals surface area (Å²) < 4.78 is 1.20. The summed E-state index contributed by atoms with van der Waals surface area (Å²) in [6.45, 7) is 4.19. The van der Waals surface area contributed by atoms with Crippen molar-refractivity contribution >= 4 is 32.9 Å². The lowest BCUT2D eigenvalue weighted by atomic mass is 10.1. The molecule has 96 valence electrons. The van der Waals surface area contributed by atoms with E-state index in [4.69, 9.17) is 16.5 Å². The second-order valence-corrected chi connectivity index (χ2v) is 5.87. The van der Waals surface area contributed by atoms with Crippen molar-refractivity contribution in [3.05, 3.63) is 41.5 Å². The number of thiazole rings is 1. The van der Waals surface area contributed by atoms with Gasteiger partial charge in [0.25, 0.3) is 0 Å². The lowest BCUT2D eigenvalue weighted by Crippen LogP contribution is -1.91. The number of hydrogen-bond donors (Lipinski definition) is 2. The number of aryl methyl sites for hydroxylation is 2. The van der Waals surface area contributed by atoms with E-state index >= 15 is 0 Å². The number of rotatable bonds is 1. The molecule has 0 saturated heterocycles. The zero-order valence-electron chi connectivity index (χ0n) is 10.9. The summed E-state index contributed by atoms with van der Waals surface area (Å²) in [5, 5.41) is 0.961. The average Bonchev–Trinajstić information content (AvgIpc) is 2.71. The van der Waals surface area contributed by atoms with E-state index in [0.29, 0.717) is 11.4 Å². The van der Waals surface area contributed by atoms with Crippen LogP contribution in [0.15, 0.2) is 30.3 Å². The number of anilines is 2. The van der Waals surface area contributed by atoms with Crippen molar-refractivity contribution in [2.45, 2.75) is 13.8 Å². The molecule has 0 aliphatic rings. The van der Waals surface area contributed by atoms with Gasteiger partial charge in [-0.2, -0.15) is 0 Å². The summed E-state index contributed by atoms with van der Waals surface area (Å²) in [6.07, 6.45) is 0. The minimum atomic E-state index is 0.669. The first-order valence-corrected chi connectivity index (χ1v) is 6.89. The Labute approximate surface area is 115 Å². The van der Waals surface area contributed by atoms with Crippen LogP contribution in [0.25, 0.3) is 20.8 Å². The van der Waals surface area contributed by atoms with Crippen LogP contribution < -0.4 is 11.5 Å². The van der Waals surface area contributed by atoms with Crippen LogP contribution in [0, 0.1) is 13.8 Å². The first-order chi connectivity index (χ1) is 9.02. The number of benzene rings is 2. The van der Waals surface area contributed by atoms with Crippen LogP contribution in [0.1, 0.15) is 11.1 Å². The second-order valence-electron chi connectivity index (χ2n) is 4.84. The Morgan fingerprint density at radius 1 is 0.947 bits per heavy atom. The number of nitrogens with two attached hydrogens (primary N) is 2. The normalized spacial score (nSPS) is 11.1. The molecule has 0 amide bonds. The molecule has 0 radical (unpaired) electrons. The molecule has 1 heterocycles. The molecule has 0 spiro atoms. The van der Waals surface area contributed by atoms with Crippen molar-refractivity contribution in [3.8, 4) is 10.6 Å². The van der Waals surface area contributed by atoms with E-state index in [1.54, 1.807) is 17.4 Å². The van der Waals surface area contributed by atoms with Gasteiger partial charge in [-0.25, -0.2) is 4.98 Å². The molecule has 0 aliphatic heterocycles. The van der Waals surface area contributed by atoms with Gasteiger partial charge in [-0.1, -0.05) is 6.07 Å². The molecule has 3 aromatic rings. The topological polar surface area (TPSA) is 64.9 Å². The van der Waals surface area contributed by atoms with Crippen LogP contribution in [-0.2, 0) is 0 Å². The van der Waals surface area contributed by atoms with E-state index in [9.17, 15) is 0 Å². The fourth-order valence-electron chi connectivity index (χ4n) is 2.29. The Morgan fingerprint density at radius 3 is 2.32 bits per heavy atom. The molecule has 1 aromatic heterocycles. The van der Waals surface area contributed by atoms with Crippen molar-refractivity contribution in [1.82, 2.24) is 4.98 Å². The number of nitrogens with zero attached hydrogens (tertiary/aromatic N) is 1. The van der Waals surface area contributed by atoms with E-state index in [1.165, 1.54) is 15.8 Å².